The van der Waals surface area contributed by atoms with Gasteiger partial charge >= 0.3 is 0 Å². The second-order valence-electron chi connectivity index (χ2n) is 6.26. The van der Waals surface area contributed by atoms with Crippen LogP contribution in [0.4, 0.5) is 0 Å². The maximum Gasteiger partial charge on any atom is 0.254 e. The first-order valence-corrected chi connectivity index (χ1v) is 10.4. The summed E-state index contributed by atoms with van der Waals surface area (Å²) in [6.45, 7) is 2.64. The normalized spacial score (nSPS) is 11.3. The fourth-order valence-electron chi connectivity index (χ4n) is 2.85. The van der Waals surface area contributed by atoms with Crippen molar-refractivity contribution in [1.82, 2.24) is 9.62 Å². The second-order valence-corrected chi connectivity index (χ2v) is 8.02. The molecule has 6 nitrogen and oxygen atoms in total. The number of rotatable bonds is 8. The summed E-state index contributed by atoms with van der Waals surface area (Å²) in [5.74, 6) is 0.384. The average molecular weight is 398 g/mol. The number of nitrogens with one attached hydrogen (secondary N) is 1. The van der Waals surface area contributed by atoms with Crippen LogP contribution in [0.3, 0.4) is 0 Å². The van der Waals surface area contributed by atoms with Gasteiger partial charge in [-0.2, -0.15) is 0 Å². The Morgan fingerprint density at radius 2 is 1.79 bits per heavy atom. The number of hydrogen-bond donors (Lipinski definition) is 1. The molecule has 2 aromatic carbocycles. The number of carbonyl (C=O) groups excluding carboxylic acids is 1. The molecule has 146 valence electrons. The van der Waals surface area contributed by atoms with Crippen molar-refractivity contribution in [3.05, 3.63) is 89.9 Å². The van der Waals surface area contributed by atoms with E-state index in [1.807, 2.05) is 30.3 Å². The predicted molar refractivity (Wildman–Crippen MR) is 106 cm³/mol. The van der Waals surface area contributed by atoms with Crippen molar-refractivity contribution in [3.63, 3.8) is 0 Å². The zero-order chi connectivity index (χ0) is 20.0. The third-order valence-corrected chi connectivity index (χ3v) is 5.70. The van der Waals surface area contributed by atoms with Gasteiger partial charge in [0.2, 0.25) is 10.0 Å². The van der Waals surface area contributed by atoms with Crippen molar-refractivity contribution < 1.29 is 17.6 Å². The Morgan fingerprint density at radius 3 is 2.46 bits per heavy atom. The Labute approximate surface area is 164 Å². The highest BCUT2D eigenvalue weighted by Gasteiger charge is 2.20. The van der Waals surface area contributed by atoms with Crippen molar-refractivity contribution in [2.24, 2.45) is 0 Å². The second kappa shape index (κ2) is 8.86. The van der Waals surface area contributed by atoms with Crippen LogP contribution in [0.25, 0.3) is 0 Å². The molecule has 0 spiro atoms. The van der Waals surface area contributed by atoms with Crippen LogP contribution >= 0.6 is 0 Å². The maximum atomic E-state index is 13.2. The van der Waals surface area contributed by atoms with E-state index < -0.39 is 10.0 Å². The molecule has 0 bridgehead atoms. The first kappa shape index (κ1) is 19.9. The molecule has 28 heavy (non-hydrogen) atoms. The van der Waals surface area contributed by atoms with Gasteiger partial charge in [0, 0.05) is 18.7 Å². The van der Waals surface area contributed by atoms with Crippen molar-refractivity contribution in [3.8, 4) is 0 Å². The molecule has 3 aromatic rings. The third kappa shape index (κ3) is 4.88. The van der Waals surface area contributed by atoms with Crippen LogP contribution < -0.4 is 4.72 Å². The predicted octanol–water partition coefficient (Wildman–Crippen LogP) is 3.42. The van der Waals surface area contributed by atoms with Crippen LogP contribution in [0.5, 0.6) is 0 Å². The number of amides is 1. The zero-order valence-corrected chi connectivity index (χ0v) is 16.4. The van der Waals surface area contributed by atoms with Crippen LogP contribution in [-0.4, -0.2) is 25.8 Å². The number of nitrogens with zero attached hydrogens (tertiary/aromatic N) is 1. The van der Waals surface area contributed by atoms with Crippen LogP contribution in [0.15, 0.2) is 82.3 Å². The topological polar surface area (TPSA) is 79.6 Å². The molecule has 0 atom stereocenters. The van der Waals surface area contributed by atoms with Crippen molar-refractivity contribution in [1.29, 1.82) is 0 Å². The van der Waals surface area contributed by atoms with Gasteiger partial charge in [-0.1, -0.05) is 43.3 Å². The smallest absolute Gasteiger partial charge is 0.254 e. The van der Waals surface area contributed by atoms with E-state index in [0.717, 1.165) is 5.56 Å². The van der Waals surface area contributed by atoms with E-state index in [1.165, 1.54) is 12.1 Å². The van der Waals surface area contributed by atoms with Crippen molar-refractivity contribution in [2.45, 2.75) is 24.9 Å². The first-order valence-electron chi connectivity index (χ1n) is 8.95. The molecule has 1 heterocycles. The van der Waals surface area contributed by atoms with E-state index >= 15 is 0 Å². The molecular weight excluding hydrogens is 376 g/mol. The number of benzene rings is 2. The Kier molecular flexibility index (Phi) is 6.28. The van der Waals surface area contributed by atoms with E-state index in [0.29, 0.717) is 17.9 Å². The highest BCUT2D eigenvalue weighted by molar-refractivity contribution is 7.89. The van der Waals surface area contributed by atoms with E-state index in [1.54, 1.807) is 42.4 Å². The molecule has 7 heteroatoms. The minimum absolute atomic E-state index is 0.0675. The molecular formula is C21H22N2O4S. The zero-order valence-electron chi connectivity index (χ0n) is 15.5. The molecule has 1 amide bonds. The van der Waals surface area contributed by atoms with Gasteiger partial charge in [-0.05, 0) is 35.9 Å². The molecule has 0 aliphatic heterocycles. The van der Waals surface area contributed by atoms with Crippen LogP contribution in [0.1, 0.15) is 28.6 Å². The SMILES string of the molecule is CCNS(=O)(=O)c1cccc(C(=O)N(Cc2ccccc2)Cc2ccco2)c1. The summed E-state index contributed by atoms with van der Waals surface area (Å²) in [7, 11) is -3.64. The summed E-state index contributed by atoms with van der Waals surface area (Å²) in [5.41, 5.74) is 1.28. The number of furan rings is 1. The molecule has 1 N–H and O–H groups in total. The van der Waals surface area contributed by atoms with E-state index in [-0.39, 0.29) is 23.9 Å². The molecule has 0 unspecified atom stereocenters. The summed E-state index contributed by atoms with van der Waals surface area (Å²) in [5, 5.41) is 0. The Balaban J connectivity index is 1.90. The molecule has 0 saturated carbocycles. The Bertz CT molecular complexity index is 1020. The van der Waals surface area contributed by atoms with Gasteiger partial charge in [0.1, 0.15) is 5.76 Å². The first-order chi connectivity index (χ1) is 13.5. The Morgan fingerprint density at radius 1 is 1.00 bits per heavy atom. The summed E-state index contributed by atoms with van der Waals surface area (Å²) in [4.78, 5) is 14.9. The van der Waals surface area contributed by atoms with Gasteiger partial charge in [-0.25, -0.2) is 13.1 Å². The fourth-order valence-corrected chi connectivity index (χ4v) is 3.93. The van der Waals surface area contributed by atoms with Gasteiger partial charge < -0.3 is 9.32 Å². The van der Waals surface area contributed by atoms with Crippen LogP contribution in [0.2, 0.25) is 0 Å². The highest BCUT2D eigenvalue weighted by atomic mass is 32.2. The standard InChI is InChI=1S/C21H22N2O4S/c1-2-22-28(25,26)20-12-6-10-18(14-20)21(24)23(16-19-11-7-13-27-19)15-17-8-4-3-5-9-17/h3-14,22H,2,15-16H2,1H3. The van der Waals surface area contributed by atoms with Gasteiger partial charge in [-0.3, -0.25) is 4.79 Å². The highest BCUT2D eigenvalue weighted by Crippen LogP contribution is 2.17. The summed E-state index contributed by atoms with van der Waals surface area (Å²) >= 11 is 0. The van der Waals surface area contributed by atoms with Crippen LogP contribution in [0, 0.1) is 0 Å². The number of hydrogen-bond acceptors (Lipinski definition) is 4. The van der Waals surface area contributed by atoms with Gasteiger partial charge in [0.15, 0.2) is 0 Å². The quantitative estimate of drug-likeness (QED) is 0.631. The monoisotopic (exact) mass is 398 g/mol. The molecule has 1 aromatic heterocycles. The lowest BCUT2D eigenvalue weighted by Crippen LogP contribution is -2.30. The van der Waals surface area contributed by atoms with Crippen molar-refractivity contribution in [2.75, 3.05) is 6.54 Å². The van der Waals surface area contributed by atoms with Gasteiger partial charge in [0.25, 0.3) is 5.91 Å². The van der Waals surface area contributed by atoms with E-state index in [4.69, 9.17) is 4.42 Å². The fraction of sp³-hybridized carbons (Fsp3) is 0.190. The minimum Gasteiger partial charge on any atom is -0.467 e. The van der Waals surface area contributed by atoms with Crippen LogP contribution in [-0.2, 0) is 23.1 Å². The van der Waals surface area contributed by atoms with E-state index in [2.05, 4.69) is 4.72 Å². The van der Waals surface area contributed by atoms with E-state index in [9.17, 15) is 13.2 Å². The summed E-state index contributed by atoms with van der Waals surface area (Å²) < 4.78 is 32.4. The van der Waals surface area contributed by atoms with Gasteiger partial charge in [0.05, 0.1) is 17.7 Å². The largest absolute Gasteiger partial charge is 0.467 e. The lowest BCUT2D eigenvalue weighted by molar-refractivity contribution is 0.0717. The summed E-state index contributed by atoms with van der Waals surface area (Å²) in [6.07, 6.45) is 1.56. The lowest BCUT2D eigenvalue weighted by Gasteiger charge is -2.22. The summed E-state index contributed by atoms with van der Waals surface area (Å²) in [6, 6.07) is 19.3. The molecule has 0 aliphatic carbocycles. The molecule has 0 saturated heterocycles. The van der Waals surface area contributed by atoms with Crippen molar-refractivity contribution >= 4 is 15.9 Å². The van der Waals surface area contributed by atoms with Gasteiger partial charge in [-0.15, -0.1) is 0 Å². The molecule has 3 rings (SSSR count). The molecule has 0 fully saturated rings. The number of carbonyl (C=O) groups is 1. The number of sulfonamides is 1. The maximum absolute atomic E-state index is 13.2. The third-order valence-electron chi connectivity index (χ3n) is 4.16. The molecule has 0 aliphatic rings. The average Bonchev–Trinajstić information content (AvgIpc) is 3.21. The Hall–Kier alpha value is -2.90. The molecule has 0 radical (unpaired) electrons. The lowest BCUT2D eigenvalue weighted by atomic mass is 10.1. The minimum atomic E-state index is -3.64.